The van der Waals surface area contributed by atoms with E-state index in [0.29, 0.717) is 11.7 Å². The number of hydrogen-bond acceptors (Lipinski definition) is 1. The predicted molar refractivity (Wildman–Crippen MR) is 88.2 cm³/mol. The number of hydrogen-bond donors (Lipinski definition) is 1. The average molecular weight is 353 g/mol. The normalized spacial score (nSPS) is 10.2. The fraction of sp³-hybridized carbons (Fsp3) is 0.133. The van der Waals surface area contributed by atoms with Crippen LogP contribution in [0.1, 0.15) is 5.56 Å². The highest BCUT2D eigenvalue weighted by molar-refractivity contribution is 9.10. The molecule has 0 radical (unpaired) electrons. The SMILES string of the molecule is CN(Cc1cccc(F)c1)C(=S)Nc1cccc(Br)c1. The van der Waals surface area contributed by atoms with Gasteiger partial charge < -0.3 is 10.2 Å². The predicted octanol–water partition coefficient (Wildman–Crippen LogP) is 4.42. The van der Waals surface area contributed by atoms with Crippen LogP contribution in [0.15, 0.2) is 53.0 Å². The van der Waals surface area contributed by atoms with Gasteiger partial charge in [-0.1, -0.05) is 34.1 Å². The smallest absolute Gasteiger partial charge is 0.173 e. The molecule has 0 aromatic heterocycles. The minimum atomic E-state index is -0.234. The van der Waals surface area contributed by atoms with Crippen molar-refractivity contribution in [1.82, 2.24) is 4.90 Å². The lowest BCUT2D eigenvalue weighted by molar-refractivity contribution is 0.505. The third-order valence-corrected chi connectivity index (χ3v) is 3.64. The number of halogens is 2. The lowest BCUT2D eigenvalue weighted by Gasteiger charge is -2.21. The third kappa shape index (κ3) is 4.28. The van der Waals surface area contributed by atoms with Crippen molar-refractivity contribution in [2.24, 2.45) is 0 Å². The van der Waals surface area contributed by atoms with Crippen LogP contribution in [0.3, 0.4) is 0 Å². The quantitative estimate of drug-likeness (QED) is 0.823. The van der Waals surface area contributed by atoms with Crippen LogP contribution in [0.2, 0.25) is 0 Å². The van der Waals surface area contributed by atoms with Crippen molar-refractivity contribution in [3.8, 4) is 0 Å². The zero-order valence-corrected chi connectivity index (χ0v) is 13.3. The van der Waals surface area contributed by atoms with E-state index in [1.807, 2.05) is 42.3 Å². The molecule has 5 heteroatoms. The number of benzene rings is 2. The van der Waals surface area contributed by atoms with Gasteiger partial charge in [0.15, 0.2) is 5.11 Å². The van der Waals surface area contributed by atoms with Crippen LogP contribution < -0.4 is 5.32 Å². The van der Waals surface area contributed by atoms with Crippen molar-refractivity contribution in [3.63, 3.8) is 0 Å². The Balaban J connectivity index is 1.98. The highest BCUT2D eigenvalue weighted by Crippen LogP contribution is 2.16. The van der Waals surface area contributed by atoms with Gasteiger partial charge in [-0.05, 0) is 48.1 Å². The van der Waals surface area contributed by atoms with Gasteiger partial charge in [0.25, 0.3) is 0 Å². The first-order valence-corrected chi connectivity index (χ1v) is 7.27. The number of anilines is 1. The molecular weight excluding hydrogens is 339 g/mol. The lowest BCUT2D eigenvalue weighted by atomic mass is 10.2. The molecule has 0 saturated carbocycles. The molecule has 0 heterocycles. The topological polar surface area (TPSA) is 15.3 Å². The zero-order valence-electron chi connectivity index (χ0n) is 10.9. The molecule has 2 rings (SSSR count). The van der Waals surface area contributed by atoms with E-state index in [4.69, 9.17) is 12.2 Å². The molecule has 20 heavy (non-hydrogen) atoms. The Morgan fingerprint density at radius 1 is 1.25 bits per heavy atom. The first-order chi connectivity index (χ1) is 9.54. The van der Waals surface area contributed by atoms with E-state index in [1.165, 1.54) is 12.1 Å². The van der Waals surface area contributed by atoms with Crippen LogP contribution in [-0.2, 0) is 6.54 Å². The summed E-state index contributed by atoms with van der Waals surface area (Å²) in [6.45, 7) is 0.553. The maximum Gasteiger partial charge on any atom is 0.173 e. The molecule has 2 aromatic carbocycles. The number of nitrogens with one attached hydrogen (secondary N) is 1. The van der Waals surface area contributed by atoms with Crippen LogP contribution in [0.25, 0.3) is 0 Å². The highest BCUT2D eigenvalue weighted by Gasteiger charge is 2.06. The summed E-state index contributed by atoms with van der Waals surface area (Å²) in [7, 11) is 1.87. The summed E-state index contributed by atoms with van der Waals surface area (Å²) < 4.78 is 14.1. The minimum absolute atomic E-state index is 0.234. The number of nitrogens with zero attached hydrogens (tertiary/aromatic N) is 1. The molecule has 0 bridgehead atoms. The Kier molecular flexibility index (Phi) is 5.09. The van der Waals surface area contributed by atoms with Crippen molar-refractivity contribution < 1.29 is 4.39 Å². The van der Waals surface area contributed by atoms with Crippen LogP contribution in [0.5, 0.6) is 0 Å². The maximum atomic E-state index is 13.1. The fourth-order valence-corrected chi connectivity index (χ4v) is 2.35. The van der Waals surface area contributed by atoms with Crippen LogP contribution in [0.4, 0.5) is 10.1 Å². The second-order valence-corrected chi connectivity index (χ2v) is 5.73. The molecule has 0 aliphatic heterocycles. The van der Waals surface area contributed by atoms with Gasteiger partial charge in [0.05, 0.1) is 0 Å². The summed E-state index contributed by atoms with van der Waals surface area (Å²) in [5.74, 6) is -0.234. The number of rotatable bonds is 3. The van der Waals surface area contributed by atoms with Gasteiger partial charge in [-0.15, -0.1) is 0 Å². The zero-order chi connectivity index (χ0) is 14.5. The Morgan fingerprint density at radius 2 is 2.00 bits per heavy atom. The maximum absolute atomic E-state index is 13.1. The van der Waals surface area contributed by atoms with Gasteiger partial charge in [0.1, 0.15) is 5.82 Å². The summed E-state index contributed by atoms with van der Waals surface area (Å²) in [6, 6.07) is 14.3. The van der Waals surface area contributed by atoms with Crippen molar-refractivity contribution in [3.05, 3.63) is 64.4 Å². The molecule has 0 fully saturated rings. The fourth-order valence-electron chi connectivity index (χ4n) is 1.77. The minimum Gasteiger partial charge on any atom is -0.348 e. The Morgan fingerprint density at radius 3 is 2.70 bits per heavy atom. The van der Waals surface area contributed by atoms with Crippen LogP contribution >= 0.6 is 28.1 Å². The molecule has 2 nitrogen and oxygen atoms in total. The van der Waals surface area contributed by atoms with Gasteiger partial charge in [0, 0.05) is 23.8 Å². The van der Waals surface area contributed by atoms with E-state index in [1.54, 1.807) is 6.07 Å². The first-order valence-electron chi connectivity index (χ1n) is 6.07. The first kappa shape index (κ1) is 14.9. The average Bonchev–Trinajstić information content (AvgIpc) is 2.38. The Labute approximate surface area is 131 Å². The van der Waals surface area contributed by atoms with E-state index in [9.17, 15) is 4.39 Å². The standard InChI is InChI=1S/C15H14BrFN2S/c1-19(10-11-4-2-6-13(17)8-11)15(20)18-14-7-3-5-12(16)9-14/h2-9H,10H2,1H3,(H,18,20). The van der Waals surface area contributed by atoms with E-state index in [0.717, 1.165) is 15.7 Å². The van der Waals surface area contributed by atoms with Crippen LogP contribution in [0, 0.1) is 5.82 Å². The summed E-state index contributed by atoms with van der Waals surface area (Å²) in [5.41, 5.74) is 1.79. The third-order valence-electron chi connectivity index (χ3n) is 2.73. The summed E-state index contributed by atoms with van der Waals surface area (Å²) >= 11 is 8.75. The van der Waals surface area contributed by atoms with Crippen molar-refractivity contribution in [2.75, 3.05) is 12.4 Å². The van der Waals surface area contributed by atoms with Crippen molar-refractivity contribution in [1.29, 1.82) is 0 Å². The highest BCUT2D eigenvalue weighted by atomic mass is 79.9. The lowest BCUT2D eigenvalue weighted by Crippen LogP contribution is -2.30. The molecule has 2 aromatic rings. The van der Waals surface area contributed by atoms with E-state index in [2.05, 4.69) is 21.2 Å². The van der Waals surface area contributed by atoms with E-state index < -0.39 is 0 Å². The van der Waals surface area contributed by atoms with Gasteiger partial charge in [0.2, 0.25) is 0 Å². The molecule has 0 atom stereocenters. The molecular formula is C15H14BrFN2S. The Hall–Kier alpha value is -1.46. The van der Waals surface area contributed by atoms with Crippen molar-refractivity contribution >= 4 is 38.9 Å². The van der Waals surface area contributed by atoms with E-state index >= 15 is 0 Å². The monoisotopic (exact) mass is 352 g/mol. The summed E-state index contributed by atoms with van der Waals surface area (Å²) in [6.07, 6.45) is 0. The van der Waals surface area contributed by atoms with Gasteiger partial charge in [-0.3, -0.25) is 0 Å². The summed E-state index contributed by atoms with van der Waals surface area (Å²) in [4.78, 5) is 1.87. The second kappa shape index (κ2) is 6.81. The molecule has 0 unspecified atom stereocenters. The summed E-state index contributed by atoms with van der Waals surface area (Å²) in [5, 5.41) is 3.74. The van der Waals surface area contributed by atoms with Crippen LogP contribution in [-0.4, -0.2) is 17.1 Å². The molecule has 0 aliphatic carbocycles. The molecule has 1 N–H and O–H groups in total. The largest absolute Gasteiger partial charge is 0.348 e. The molecule has 0 amide bonds. The molecule has 104 valence electrons. The molecule has 0 saturated heterocycles. The van der Waals surface area contributed by atoms with E-state index in [-0.39, 0.29) is 5.82 Å². The van der Waals surface area contributed by atoms with Crippen molar-refractivity contribution in [2.45, 2.75) is 6.54 Å². The molecule has 0 spiro atoms. The van der Waals surface area contributed by atoms with Gasteiger partial charge in [-0.25, -0.2) is 4.39 Å². The Bertz CT molecular complexity index is 618. The number of thiocarbonyl (C=S) groups is 1. The molecule has 0 aliphatic rings. The van der Waals surface area contributed by atoms with Gasteiger partial charge in [-0.2, -0.15) is 0 Å². The van der Waals surface area contributed by atoms with Gasteiger partial charge >= 0.3 is 0 Å². The second-order valence-electron chi connectivity index (χ2n) is 4.43.